The third-order valence-electron chi connectivity index (χ3n) is 4.11. The van der Waals surface area contributed by atoms with Crippen molar-refractivity contribution in [3.63, 3.8) is 0 Å². The Morgan fingerprint density at radius 3 is 2.43 bits per heavy atom. The number of carbonyl (C=O) groups excluding carboxylic acids is 1. The first kappa shape index (κ1) is 21.1. The molecule has 30 heavy (non-hydrogen) atoms. The fourth-order valence-electron chi connectivity index (χ4n) is 2.56. The minimum atomic E-state index is -1.10. The molecule has 0 radical (unpaired) electrons. The van der Waals surface area contributed by atoms with Crippen LogP contribution >= 0.6 is 11.6 Å². The van der Waals surface area contributed by atoms with Crippen LogP contribution in [-0.2, 0) is 18.4 Å². The van der Waals surface area contributed by atoms with Crippen LogP contribution in [0.2, 0.25) is 5.02 Å². The lowest BCUT2D eigenvalue weighted by molar-refractivity contribution is 0.117. The Hall–Kier alpha value is -3.59. The van der Waals surface area contributed by atoms with E-state index < -0.39 is 23.2 Å². The Labute approximate surface area is 174 Å². The van der Waals surface area contributed by atoms with Crippen LogP contribution in [0.4, 0.5) is 9.18 Å². The number of benzene rings is 2. The SMILES string of the molecule is COC(=O)Oc1cc(=O)n(-c2ccc(OCc3ccc(Cl)cc3)cc2F)c(=O)n1C. The molecule has 0 aliphatic rings. The maximum absolute atomic E-state index is 14.7. The molecule has 3 aromatic rings. The van der Waals surface area contributed by atoms with Gasteiger partial charge in [-0.1, -0.05) is 23.7 Å². The number of hydrogen-bond acceptors (Lipinski definition) is 6. The minimum Gasteiger partial charge on any atom is -0.489 e. The summed E-state index contributed by atoms with van der Waals surface area (Å²) in [7, 11) is 2.34. The Morgan fingerprint density at radius 2 is 1.80 bits per heavy atom. The van der Waals surface area contributed by atoms with Crippen LogP contribution in [0.15, 0.2) is 58.1 Å². The highest BCUT2D eigenvalue weighted by molar-refractivity contribution is 6.30. The first-order valence-corrected chi connectivity index (χ1v) is 8.94. The summed E-state index contributed by atoms with van der Waals surface area (Å²) in [5.41, 5.74) is -1.24. The van der Waals surface area contributed by atoms with Crippen molar-refractivity contribution in [1.82, 2.24) is 9.13 Å². The van der Waals surface area contributed by atoms with Gasteiger partial charge in [0.15, 0.2) is 5.82 Å². The van der Waals surface area contributed by atoms with Gasteiger partial charge in [0.2, 0.25) is 5.88 Å². The Kier molecular flexibility index (Phi) is 6.22. The molecule has 0 amide bonds. The van der Waals surface area contributed by atoms with E-state index in [2.05, 4.69) is 4.74 Å². The molecule has 1 aromatic heterocycles. The van der Waals surface area contributed by atoms with Gasteiger partial charge in [-0.2, -0.15) is 0 Å². The number of carbonyl (C=O) groups is 1. The van der Waals surface area contributed by atoms with E-state index in [9.17, 15) is 18.8 Å². The van der Waals surface area contributed by atoms with E-state index in [0.717, 1.165) is 29.4 Å². The van der Waals surface area contributed by atoms with Crippen LogP contribution in [0.25, 0.3) is 5.69 Å². The molecule has 8 nitrogen and oxygen atoms in total. The molecule has 2 aromatic carbocycles. The van der Waals surface area contributed by atoms with Crippen molar-refractivity contribution in [2.75, 3.05) is 7.11 Å². The van der Waals surface area contributed by atoms with Gasteiger partial charge >= 0.3 is 11.8 Å². The second-order valence-corrected chi connectivity index (χ2v) is 6.52. The third-order valence-corrected chi connectivity index (χ3v) is 4.36. The van der Waals surface area contributed by atoms with Crippen molar-refractivity contribution < 1.29 is 23.4 Å². The number of hydrogen-bond donors (Lipinski definition) is 0. The number of aromatic nitrogens is 2. The van der Waals surface area contributed by atoms with Gasteiger partial charge in [0.05, 0.1) is 18.9 Å². The lowest BCUT2D eigenvalue weighted by atomic mass is 10.2. The number of rotatable bonds is 5. The van der Waals surface area contributed by atoms with Gasteiger partial charge < -0.3 is 14.2 Å². The van der Waals surface area contributed by atoms with Crippen LogP contribution in [-0.4, -0.2) is 22.4 Å². The van der Waals surface area contributed by atoms with Crippen molar-refractivity contribution in [1.29, 1.82) is 0 Å². The van der Waals surface area contributed by atoms with Gasteiger partial charge in [0.25, 0.3) is 5.56 Å². The average Bonchev–Trinajstić information content (AvgIpc) is 2.72. The van der Waals surface area contributed by atoms with E-state index in [1.54, 1.807) is 24.3 Å². The largest absolute Gasteiger partial charge is 0.514 e. The highest BCUT2D eigenvalue weighted by atomic mass is 35.5. The molecule has 3 rings (SSSR count). The summed E-state index contributed by atoms with van der Waals surface area (Å²) < 4.78 is 30.8. The topological polar surface area (TPSA) is 88.8 Å². The average molecular weight is 435 g/mol. The fourth-order valence-corrected chi connectivity index (χ4v) is 2.68. The molecule has 0 atom stereocenters. The molecular formula is C20H16ClFN2O6. The molecule has 0 aliphatic heterocycles. The predicted molar refractivity (Wildman–Crippen MR) is 106 cm³/mol. The van der Waals surface area contributed by atoms with E-state index in [1.165, 1.54) is 19.2 Å². The van der Waals surface area contributed by atoms with Crippen LogP contribution in [0.3, 0.4) is 0 Å². The highest BCUT2D eigenvalue weighted by Gasteiger charge is 2.17. The van der Waals surface area contributed by atoms with Crippen LogP contribution in [0.1, 0.15) is 5.56 Å². The van der Waals surface area contributed by atoms with E-state index in [4.69, 9.17) is 21.1 Å². The number of ether oxygens (including phenoxy) is 3. The van der Waals surface area contributed by atoms with Crippen molar-refractivity contribution in [2.45, 2.75) is 6.61 Å². The standard InChI is InChI=1S/C20H16ClFN2O6/c1-23-18(30-20(27)28-2)10-17(25)24(19(23)26)16-8-7-14(9-15(16)22)29-11-12-3-5-13(21)6-4-12/h3-10H,11H2,1-2H3. The zero-order valence-electron chi connectivity index (χ0n) is 15.9. The maximum Gasteiger partial charge on any atom is 0.514 e. The third kappa shape index (κ3) is 4.52. The molecule has 156 valence electrons. The number of halogens is 2. The predicted octanol–water partition coefficient (Wildman–Crippen LogP) is 3.05. The van der Waals surface area contributed by atoms with Crippen molar-refractivity contribution >= 4 is 17.8 Å². The fraction of sp³-hybridized carbons (Fsp3) is 0.150. The van der Waals surface area contributed by atoms with E-state index in [-0.39, 0.29) is 23.9 Å². The molecule has 0 spiro atoms. The van der Waals surface area contributed by atoms with Gasteiger partial charge in [-0.15, -0.1) is 0 Å². The van der Waals surface area contributed by atoms with Gasteiger partial charge in [-0.05, 0) is 29.8 Å². The van der Waals surface area contributed by atoms with E-state index >= 15 is 0 Å². The van der Waals surface area contributed by atoms with Crippen molar-refractivity contribution in [3.8, 4) is 17.3 Å². The van der Waals surface area contributed by atoms with Crippen molar-refractivity contribution in [3.05, 3.63) is 85.8 Å². The summed E-state index contributed by atoms with van der Waals surface area (Å²) in [4.78, 5) is 36.1. The maximum atomic E-state index is 14.7. The monoisotopic (exact) mass is 434 g/mol. The van der Waals surface area contributed by atoms with E-state index in [0.29, 0.717) is 9.59 Å². The Bertz CT molecular complexity index is 1200. The Morgan fingerprint density at radius 1 is 1.10 bits per heavy atom. The van der Waals surface area contributed by atoms with Crippen LogP contribution in [0, 0.1) is 5.82 Å². The summed E-state index contributed by atoms with van der Waals surface area (Å²) in [6, 6.07) is 11.6. The first-order valence-electron chi connectivity index (χ1n) is 8.56. The summed E-state index contributed by atoms with van der Waals surface area (Å²) >= 11 is 5.83. The number of nitrogens with zero attached hydrogens (tertiary/aromatic N) is 2. The molecule has 0 unspecified atom stereocenters. The molecule has 0 fully saturated rings. The Balaban J connectivity index is 1.88. The summed E-state index contributed by atoms with van der Waals surface area (Å²) in [5.74, 6) is -0.970. The molecule has 1 heterocycles. The van der Waals surface area contributed by atoms with Gasteiger partial charge in [0, 0.05) is 18.1 Å². The van der Waals surface area contributed by atoms with Gasteiger partial charge in [-0.3, -0.25) is 9.36 Å². The molecule has 0 bridgehead atoms. The second-order valence-electron chi connectivity index (χ2n) is 6.08. The second kappa shape index (κ2) is 8.83. The van der Waals surface area contributed by atoms with Crippen molar-refractivity contribution in [2.24, 2.45) is 7.05 Å². The first-order chi connectivity index (χ1) is 14.3. The molecule has 0 saturated carbocycles. The quantitative estimate of drug-likeness (QED) is 0.573. The molecule has 10 heteroatoms. The summed E-state index contributed by atoms with van der Waals surface area (Å²) in [5, 5.41) is 0.587. The zero-order valence-corrected chi connectivity index (χ0v) is 16.7. The zero-order chi connectivity index (χ0) is 21.8. The molecular weight excluding hydrogens is 419 g/mol. The lowest BCUT2D eigenvalue weighted by Crippen LogP contribution is -2.38. The highest BCUT2D eigenvalue weighted by Crippen LogP contribution is 2.20. The minimum absolute atomic E-state index is 0.178. The van der Waals surface area contributed by atoms with Gasteiger partial charge in [-0.25, -0.2) is 18.5 Å². The van der Waals surface area contributed by atoms with Crippen LogP contribution in [0.5, 0.6) is 11.6 Å². The number of methoxy groups -OCH3 is 1. The molecule has 0 saturated heterocycles. The molecule has 0 N–H and O–H groups in total. The molecule has 0 aliphatic carbocycles. The van der Waals surface area contributed by atoms with Crippen LogP contribution < -0.4 is 20.7 Å². The van der Waals surface area contributed by atoms with Gasteiger partial charge in [0.1, 0.15) is 12.4 Å². The smallest absolute Gasteiger partial charge is 0.489 e. The lowest BCUT2D eigenvalue weighted by Gasteiger charge is -2.13. The normalized spacial score (nSPS) is 10.5. The summed E-state index contributed by atoms with van der Waals surface area (Å²) in [6.45, 7) is 0.178. The van der Waals surface area contributed by atoms with E-state index in [1.807, 2.05) is 0 Å². The summed E-state index contributed by atoms with van der Waals surface area (Å²) in [6.07, 6.45) is -1.10.